The van der Waals surface area contributed by atoms with E-state index >= 15 is 0 Å². The van der Waals surface area contributed by atoms with Crippen molar-refractivity contribution in [3.8, 4) is 0 Å². The van der Waals surface area contributed by atoms with E-state index in [-0.39, 0.29) is 0 Å². The predicted molar refractivity (Wildman–Crippen MR) is 66.6 cm³/mol. The van der Waals surface area contributed by atoms with Crippen LogP contribution < -0.4 is 11.1 Å². The molecule has 0 atom stereocenters. The molecule has 0 aliphatic rings. The number of anilines is 2. The number of nitrogen functional groups attached to an aromatic ring is 1. The van der Waals surface area contributed by atoms with Crippen molar-refractivity contribution in [3.63, 3.8) is 0 Å². The second kappa shape index (κ2) is 5.29. The molecule has 2 heterocycles. The van der Waals surface area contributed by atoms with E-state index in [0.29, 0.717) is 5.82 Å². The Labute approximate surface area is 99.6 Å². The number of hydrogen-bond donors (Lipinski definition) is 3. The molecule has 0 radical (unpaired) electrons. The van der Waals surface area contributed by atoms with Crippen molar-refractivity contribution in [2.75, 3.05) is 17.6 Å². The summed E-state index contributed by atoms with van der Waals surface area (Å²) >= 11 is 0. The lowest BCUT2D eigenvalue weighted by atomic mass is 10.1. The highest BCUT2D eigenvalue weighted by Gasteiger charge is 2.00. The van der Waals surface area contributed by atoms with Gasteiger partial charge in [-0.2, -0.15) is 5.10 Å². The molecular formula is C11H16N6. The first kappa shape index (κ1) is 11.4. The van der Waals surface area contributed by atoms with Crippen LogP contribution in [0, 0.1) is 6.92 Å². The van der Waals surface area contributed by atoms with Crippen LogP contribution in [0.4, 0.5) is 11.6 Å². The van der Waals surface area contributed by atoms with Crippen molar-refractivity contribution in [1.82, 2.24) is 20.4 Å². The fourth-order valence-corrected chi connectivity index (χ4v) is 1.56. The molecule has 0 fully saturated rings. The van der Waals surface area contributed by atoms with Crippen LogP contribution in [0.25, 0.3) is 0 Å². The Kier molecular flexibility index (Phi) is 3.54. The van der Waals surface area contributed by atoms with Crippen LogP contribution >= 0.6 is 0 Å². The number of nitrogens with zero attached hydrogens (tertiary/aromatic N) is 3. The third-order valence-electron chi connectivity index (χ3n) is 2.55. The summed E-state index contributed by atoms with van der Waals surface area (Å²) in [6.07, 6.45) is 3.89. The average molecular weight is 232 g/mol. The predicted octanol–water partition coefficient (Wildman–Crippen LogP) is 1.14. The van der Waals surface area contributed by atoms with Crippen LogP contribution in [-0.4, -0.2) is 26.9 Å². The average Bonchev–Trinajstić information content (AvgIpc) is 2.73. The fourth-order valence-electron chi connectivity index (χ4n) is 1.56. The zero-order valence-corrected chi connectivity index (χ0v) is 9.77. The van der Waals surface area contributed by atoms with E-state index in [1.165, 1.54) is 5.56 Å². The summed E-state index contributed by atoms with van der Waals surface area (Å²) in [6, 6.07) is 3.56. The summed E-state index contributed by atoms with van der Waals surface area (Å²) in [6.45, 7) is 2.88. The third kappa shape index (κ3) is 3.17. The van der Waals surface area contributed by atoms with Crippen molar-refractivity contribution < 1.29 is 0 Å². The molecule has 0 unspecified atom stereocenters. The van der Waals surface area contributed by atoms with Crippen LogP contribution in [0.2, 0.25) is 0 Å². The van der Waals surface area contributed by atoms with Gasteiger partial charge >= 0.3 is 0 Å². The number of nitrogens with two attached hydrogens (primary N) is 1. The number of aromatic amines is 1. The maximum Gasteiger partial charge on any atom is 0.148 e. The van der Waals surface area contributed by atoms with Gasteiger partial charge in [0.1, 0.15) is 11.6 Å². The van der Waals surface area contributed by atoms with Gasteiger partial charge in [0.05, 0.1) is 6.20 Å². The van der Waals surface area contributed by atoms with Crippen molar-refractivity contribution >= 4 is 11.6 Å². The van der Waals surface area contributed by atoms with Gasteiger partial charge in [-0.3, -0.25) is 5.10 Å². The molecular weight excluding hydrogens is 216 g/mol. The van der Waals surface area contributed by atoms with Gasteiger partial charge < -0.3 is 11.1 Å². The van der Waals surface area contributed by atoms with Crippen molar-refractivity contribution in [1.29, 1.82) is 0 Å². The normalized spacial score (nSPS) is 10.4. The van der Waals surface area contributed by atoms with Crippen molar-refractivity contribution in [2.45, 2.75) is 19.8 Å². The second-order valence-electron chi connectivity index (χ2n) is 3.89. The summed E-state index contributed by atoms with van der Waals surface area (Å²) in [5, 5.41) is 17.8. The molecule has 0 spiro atoms. The number of rotatable bonds is 5. The van der Waals surface area contributed by atoms with E-state index in [4.69, 9.17) is 5.73 Å². The Balaban J connectivity index is 1.73. The molecule has 0 amide bonds. The number of nitrogens with one attached hydrogen (secondary N) is 2. The van der Waals surface area contributed by atoms with Crippen molar-refractivity contribution in [3.05, 3.63) is 29.6 Å². The Bertz CT molecular complexity index is 461. The van der Waals surface area contributed by atoms with Crippen molar-refractivity contribution in [2.24, 2.45) is 0 Å². The van der Waals surface area contributed by atoms with E-state index < -0.39 is 0 Å². The van der Waals surface area contributed by atoms with Gasteiger partial charge in [0, 0.05) is 12.2 Å². The van der Waals surface area contributed by atoms with E-state index in [0.717, 1.165) is 30.9 Å². The Morgan fingerprint density at radius 1 is 1.35 bits per heavy atom. The maximum absolute atomic E-state index is 5.45. The Morgan fingerprint density at radius 3 is 2.88 bits per heavy atom. The number of aromatic nitrogens is 4. The first-order chi connectivity index (χ1) is 8.25. The van der Waals surface area contributed by atoms with Gasteiger partial charge in [0.25, 0.3) is 0 Å². The second-order valence-corrected chi connectivity index (χ2v) is 3.89. The van der Waals surface area contributed by atoms with Gasteiger partial charge in [-0.25, -0.2) is 0 Å². The molecule has 6 nitrogen and oxygen atoms in total. The number of H-pyrrole nitrogens is 1. The summed E-state index contributed by atoms with van der Waals surface area (Å²) in [5.74, 6) is 1.19. The third-order valence-corrected chi connectivity index (χ3v) is 2.55. The van der Waals surface area contributed by atoms with Gasteiger partial charge in [-0.15, -0.1) is 10.2 Å². The summed E-state index contributed by atoms with van der Waals surface area (Å²) in [4.78, 5) is 0. The molecule has 90 valence electrons. The van der Waals surface area contributed by atoms with Crippen LogP contribution in [0.15, 0.2) is 18.3 Å². The molecule has 0 aliphatic carbocycles. The highest BCUT2D eigenvalue weighted by atomic mass is 15.2. The quantitative estimate of drug-likeness (QED) is 0.672. The van der Waals surface area contributed by atoms with E-state index in [9.17, 15) is 0 Å². The highest BCUT2D eigenvalue weighted by Crippen LogP contribution is 2.07. The molecule has 17 heavy (non-hydrogen) atoms. The molecule has 6 heteroatoms. The zero-order valence-electron chi connectivity index (χ0n) is 9.77. The minimum Gasteiger partial charge on any atom is -0.382 e. The molecule has 2 rings (SSSR count). The molecule has 2 aromatic heterocycles. The lowest BCUT2D eigenvalue weighted by Crippen LogP contribution is -2.06. The maximum atomic E-state index is 5.45. The standard InChI is InChI=1S/C11H16N6/c1-8-9(7-14-15-8)3-2-6-13-11-5-4-10(12)16-17-11/h4-5,7H,2-3,6H2,1H3,(H2,12,16)(H,13,17)(H,14,15). The molecule has 0 saturated carbocycles. The SMILES string of the molecule is Cc1[nH]ncc1CCCNc1ccc(N)nn1. The Morgan fingerprint density at radius 2 is 2.24 bits per heavy atom. The smallest absolute Gasteiger partial charge is 0.148 e. The first-order valence-electron chi connectivity index (χ1n) is 5.57. The van der Waals surface area contributed by atoms with Gasteiger partial charge in [-0.05, 0) is 37.5 Å². The lowest BCUT2D eigenvalue weighted by Gasteiger charge is -2.04. The van der Waals surface area contributed by atoms with E-state index in [1.54, 1.807) is 6.07 Å². The first-order valence-corrected chi connectivity index (χ1v) is 5.57. The molecule has 4 N–H and O–H groups in total. The van der Waals surface area contributed by atoms with Crippen LogP contribution in [0.1, 0.15) is 17.7 Å². The zero-order chi connectivity index (χ0) is 12.1. The minimum absolute atomic E-state index is 0.435. The molecule has 0 saturated heterocycles. The topological polar surface area (TPSA) is 92.5 Å². The van der Waals surface area contributed by atoms with Crippen LogP contribution in [-0.2, 0) is 6.42 Å². The molecule has 2 aromatic rings. The largest absolute Gasteiger partial charge is 0.382 e. The summed E-state index contributed by atoms with van der Waals surface area (Å²) < 4.78 is 0. The minimum atomic E-state index is 0.435. The summed E-state index contributed by atoms with van der Waals surface area (Å²) in [5.41, 5.74) is 7.85. The molecule has 0 aromatic carbocycles. The van der Waals surface area contributed by atoms with E-state index in [1.807, 2.05) is 19.2 Å². The Hall–Kier alpha value is -2.11. The molecule has 0 bridgehead atoms. The van der Waals surface area contributed by atoms with Gasteiger partial charge in [0.2, 0.25) is 0 Å². The van der Waals surface area contributed by atoms with Gasteiger partial charge in [-0.1, -0.05) is 0 Å². The highest BCUT2D eigenvalue weighted by molar-refractivity contribution is 5.38. The van der Waals surface area contributed by atoms with E-state index in [2.05, 4.69) is 25.7 Å². The molecule has 0 aliphatic heterocycles. The summed E-state index contributed by atoms with van der Waals surface area (Å²) in [7, 11) is 0. The van der Waals surface area contributed by atoms with Crippen LogP contribution in [0.5, 0.6) is 0 Å². The van der Waals surface area contributed by atoms with Gasteiger partial charge in [0.15, 0.2) is 0 Å². The monoisotopic (exact) mass is 232 g/mol. The van der Waals surface area contributed by atoms with Crippen LogP contribution in [0.3, 0.4) is 0 Å². The fraction of sp³-hybridized carbons (Fsp3) is 0.364. The lowest BCUT2D eigenvalue weighted by molar-refractivity contribution is 0.848. The number of hydrogen-bond acceptors (Lipinski definition) is 5. The number of aryl methyl sites for hydroxylation is 2.